The zero-order valence-corrected chi connectivity index (χ0v) is 9.28. The molecule has 2 bridgehead atoms. The lowest BCUT2D eigenvalue weighted by molar-refractivity contribution is -0.156. The number of ether oxygens (including phenoxy) is 2. The molecule has 4 heteroatoms. The minimum Gasteiger partial charge on any atom is -0.469 e. The van der Waals surface area contributed by atoms with Gasteiger partial charge in [-0.25, -0.2) is 0 Å². The molecule has 15 heavy (non-hydrogen) atoms. The summed E-state index contributed by atoms with van der Waals surface area (Å²) in [6.45, 7) is 1.90. The molecule has 1 aliphatic carbocycles. The van der Waals surface area contributed by atoms with Crippen molar-refractivity contribution in [3.05, 3.63) is 0 Å². The van der Waals surface area contributed by atoms with Gasteiger partial charge in [-0.1, -0.05) is 0 Å². The summed E-state index contributed by atoms with van der Waals surface area (Å²) in [5, 5.41) is 9.38. The number of rotatable bonds is 2. The third-order valence-corrected chi connectivity index (χ3v) is 3.98. The Balaban J connectivity index is 2.30. The SMILES string of the molecule is COC(=O)[C@@]12CCCC(CO)(C1)O[C@H]2C. The summed E-state index contributed by atoms with van der Waals surface area (Å²) in [5.41, 5.74) is -1.01. The van der Waals surface area contributed by atoms with E-state index >= 15 is 0 Å². The smallest absolute Gasteiger partial charge is 0.314 e. The van der Waals surface area contributed by atoms with Gasteiger partial charge in [-0.2, -0.15) is 0 Å². The zero-order chi connectivity index (χ0) is 11.1. The van der Waals surface area contributed by atoms with Gasteiger partial charge in [0.1, 0.15) is 0 Å². The van der Waals surface area contributed by atoms with Crippen molar-refractivity contribution in [2.45, 2.75) is 44.3 Å². The maximum atomic E-state index is 11.8. The number of methoxy groups -OCH3 is 1. The summed E-state index contributed by atoms with van der Waals surface area (Å²) < 4.78 is 10.7. The highest BCUT2D eigenvalue weighted by molar-refractivity contribution is 5.78. The number of fused-ring (bicyclic) bond motifs is 2. The number of aliphatic hydroxyl groups is 1. The third-order valence-electron chi connectivity index (χ3n) is 3.98. The van der Waals surface area contributed by atoms with Gasteiger partial charge in [0.05, 0.1) is 30.8 Å². The highest BCUT2D eigenvalue weighted by atomic mass is 16.5. The Labute approximate surface area is 89.6 Å². The maximum absolute atomic E-state index is 11.8. The first-order valence-electron chi connectivity index (χ1n) is 5.46. The molecule has 86 valence electrons. The van der Waals surface area contributed by atoms with E-state index in [0.29, 0.717) is 6.42 Å². The van der Waals surface area contributed by atoms with Crippen molar-refractivity contribution >= 4 is 5.97 Å². The van der Waals surface area contributed by atoms with Crippen molar-refractivity contribution in [2.24, 2.45) is 5.41 Å². The molecule has 2 rings (SSSR count). The molecule has 0 radical (unpaired) electrons. The van der Waals surface area contributed by atoms with Gasteiger partial charge < -0.3 is 14.6 Å². The van der Waals surface area contributed by atoms with E-state index < -0.39 is 11.0 Å². The van der Waals surface area contributed by atoms with Crippen molar-refractivity contribution in [2.75, 3.05) is 13.7 Å². The Hall–Kier alpha value is -0.610. The molecule has 0 aromatic carbocycles. The van der Waals surface area contributed by atoms with Crippen LogP contribution >= 0.6 is 0 Å². The van der Waals surface area contributed by atoms with Crippen LogP contribution in [0, 0.1) is 5.41 Å². The Morgan fingerprint density at radius 1 is 1.60 bits per heavy atom. The van der Waals surface area contributed by atoms with Crippen LogP contribution in [-0.4, -0.2) is 36.5 Å². The number of hydrogen-bond acceptors (Lipinski definition) is 4. The van der Waals surface area contributed by atoms with Crippen LogP contribution in [0.15, 0.2) is 0 Å². The van der Waals surface area contributed by atoms with Gasteiger partial charge in [-0.05, 0) is 32.6 Å². The number of esters is 1. The second-order valence-corrected chi connectivity index (χ2v) is 4.78. The van der Waals surface area contributed by atoms with Gasteiger partial charge in [0.15, 0.2) is 0 Å². The molecule has 1 unspecified atom stereocenters. The first-order valence-corrected chi connectivity index (χ1v) is 5.46. The van der Waals surface area contributed by atoms with Crippen molar-refractivity contribution in [1.29, 1.82) is 0 Å². The quantitative estimate of drug-likeness (QED) is 0.693. The Bertz CT molecular complexity index is 278. The van der Waals surface area contributed by atoms with Crippen LogP contribution < -0.4 is 0 Å². The minimum atomic E-state index is -0.518. The van der Waals surface area contributed by atoms with Gasteiger partial charge in [0.2, 0.25) is 0 Å². The van der Waals surface area contributed by atoms with Gasteiger partial charge in [-0.3, -0.25) is 4.79 Å². The van der Waals surface area contributed by atoms with E-state index in [4.69, 9.17) is 9.47 Å². The van der Waals surface area contributed by atoms with E-state index in [-0.39, 0.29) is 18.7 Å². The molecule has 0 aromatic rings. The molecule has 4 nitrogen and oxygen atoms in total. The fourth-order valence-electron chi connectivity index (χ4n) is 3.13. The van der Waals surface area contributed by atoms with Gasteiger partial charge in [0.25, 0.3) is 0 Å². The van der Waals surface area contributed by atoms with Gasteiger partial charge >= 0.3 is 5.97 Å². The number of aliphatic hydroxyl groups excluding tert-OH is 1. The molecule has 1 N–H and O–H groups in total. The molecular weight excluding hydrogens is 196 g/mol. The summed E-state index contributed by atoms with van der Waals surface area (Å²) >= 11 is 0. The van der Waals surface area contributed by atoms with Gasteiger partial charge in [0, 0.05) is 0 Å². The Morgan fingerprint density at radius 3 is 2.93 bits per heavy atom. The summed E-state index contributed by atoms with van der Waals surface area (Å²) in [7, 11) is 1.41. The average molecular weight is 214 g/mol. The predicted molar refractivity (Wildman–Crippen MR) is 53.3 cm³/mol. The molecule has 0 aromatic heterocycles. The zero-order valence-electron chi connectivity index (χ0n) is 9.28. The van der Waals surface area contributed by atoms with Crippen LogP contribution in [-0.2, 0) is 14.3 Å². The summed E-state index contributed by atoms with van der Waals surface area (Å²) in [5.74, 6) is -0.190. The second kappa shape index (κ2) is 3.46. The summed E-state index contributed by atoms with van der Waals surface area (Å²) in [6.07, 6.45) is 3.01. The lowest BCUT2D eigenvalue weighted by Crippen LogP contribution is -2.42. The van der Waals surface area contributed by atoms with Crippen molar-refractivity contribution < 1.29 is 19.4 Å². The summed E-state index contributed by atoms with van der Waals surface area (Å²) in [6, 6.07) is 0. The third kappa shape index (κ3) is 1.39. The van der Waals surface area contributed by atoms with E-state index in [2.05, 4.69) is 0 Å². The van der Waals surface area contributed by atoms with E-state index in [1.807, 2.05) is 6.92 Å². The lowest BCUT2D eigenvalue weighted by atomic mass is 9.68. The second-order valence-electron chi connectivity index (χ2n) is 4.78. The molecule has 1 aliphatic heterocycles. The number of hydrogen-bond donors (Lipinski definition) is 1. The first kappa shape index (κ1) is 10.9. The molecule has 2 fully saturated rings. The van der Waals surface area contributed by atoms with Crippen LogP contribution in [0.3, 0.4) is 0 Å². The van der Waals surface area contributed by atoms with E-state index in [1.165, 1.54) is 7.11 Å². The largest absolute Gasteiger partial charge is 0.469 e. The van der Waals surface area contributed by atoms with E-state index in [1.54, 1.807) is 0 Å². The Kier molecular flexibility index (Phi) is 2.51. The van der Waals surface area contributed by atoms with Gasteiger partial charge in [-0.15, -0.1) is 0 Å². The van der Waals surface area contributed by atoms with Crippen LogP contribution in [0.4, 0.5) is 0 Å². The molecule has 0 amide bonds. The van der Waals surface area contributed by atoms with E-state index in [9.17, 15) is 9.90 Å². The van der Waals surface area contributed by atoms with Crippen LogP contribution in [0.25, 0.3) is 0 Å². The summed E-state index contributed by atoms with van der Waals surface area (Å²) in [4.78, 5) is 11.8. The highest BCUT2D eigenvalue weighted by Crippen LogP contribution is 2.54. The fraction of sp³-hybridized carbons (Fsp3) is 0.909. The molecule has 2 aliphatic rings. The van der Waals surface area contributed by atoms with Crippen molar-refractivity contribution in [1.82, 2.24) is 0 Å². The highest BCUT2D eigenvalue weighted by Gasteiger charge is 2.60. The average Bonchev–Trinajstić information content (AvgIpc) is 2.47. The van der Waals surface area contributed by atoms with Crippen molar-refractivity contribution in [3.63, 3.8) is 0 Å². The maximum Gasteiger partial charge on any atom is 0.314 e. The fourth-order valence-corrected chi connectivity index (χ4v) is 3.13. The predicted octanol–water partition coefficient (Wildman–Crippen LogP) is 0.870. The minimum absolute atomic E-state index is 0.00388. The molecule has 3 atom stereocenters. The Morgan fingerprint density at radius 2 is 2.33 bits per heavy atom. The molecule has 0 spiro atoms. The van der Waals surface area contributed by atoms with Crippen LogP contribution in [0.5, 0.6) is 0 Å². The van der Waals surface area contributed by atoms with Crippen molar-refractivity contribution in [3.8, 4) is 0 Å². The van der Waals surface area contributed by atoms with E-state index in [0.717, 1.165) is 19.3 Å². The lowest BCUT2D eigenvalue weighted by Gasteiger charge is -2.34. The number of carbonyl (C=O) groups excluding carboxylic acids is 1. The topological polar surface area (TPSA) is 55.8 Å². The monoisotopic (exact) mass is 214 g/mol. The molecule has 1 saturated carbocycles. The molecule has 1 saturated heterocycles. The normalized spacial score (nSPS) is 44.1. The van der Waals surface area contributed by atoms with Crippen LogP contribution in [0.2, 0.25) is 0 Å². The number of carbonyl (C=O) groups is 1. The standard InChI is InChI=1S/C11H18O4/c1-8-11(9(13)14-2)5-3-4-10(6-11,7-12)15-8/h8,12H,3-7H2,1-2H3/t8-,10?,11-/m0/s1. The molecule has 1 heterocycles. The molecular formula is C11H18O4. The van der Waals surface area contributed by atoms with Crippen LogP contribution in [0.1, 0.15) is 32.6 Å². The first-order chi connectivity index (χ1) is 7.08.